The van der Waals surface area contributed by atoms with Crippen LogP contribution in [-0.2, 0) is 17.8 Å². The number of nitrogens with zero attached hydrogens (tertiary/aromatic N) is 1. The van der Waals surface area contributed by atoms with Crippen molar-refractivity contribution >= 4 is 5.78 Å². The summed E-state index contributed by atoms with van der Waals surface area (Å²) < 4.78 is 0. The molecule has 1 N–H and O–H groups in total. The summed E-state index contributed by atoms with van der Waals surface area (Å²) >= 11 is 0. The normalized spacial score (nSPS) is 23.9. The summed E-state index contributed by atoms with van der Waals surface area (Å²) in [5.74, 6) is 0.357. The molecule has 1 aromatic carbocycles. The second-order valence-corrected chi connectivity index (χ2v) is 4.99. The quantitative estimate of drug-likeness (QED) is 0.840. The molecule has 1 saturated heterocycles. The van der Waals surface area contributed by atoms with E-state index in [1.165, 1.54) is 11.1 Å². The number of Topliss-reactive ketones (excluding diaryl/α,β-unsaturated/α-hetero) is 1. The molecule has 2 aliphatic rings. The molecule has 0 bridgehead atoms. The highest BCUT2D eigenvalue weighted by Gasteiger charge is 2.26. The van der Waals surface area contributed by atoms with E-state index < -0.39 is 0 Å². The third-order valence-corrected chi connectivity index (χ3v) is 3.80. The zero-order chi connectivity index (χ0) is 11.7. The number of hydrogen-bond acceptors (Lipinski definition) is 3. The summed E-state index contributed by atoms with van der Waals surface area (Å²) in [4.78, 5) is 14.2. The lowest BCUT2D eigenvalue weighted by atomic mass is 9.98. The van der Waals surface area contributed by atoms with Gasteiger partial charge in [0.15, 0.2) is 5.78 Å². The fourth-order valence-electron chi connectivity index (χ4n) is 2.58. The number of ketones is 1. The van der Waals surface area contributed by atoms with Gasteiger partial charge in [-0.05, 0) is 30.5 Å². The van der Waals surface area contributed by atoms with Crippen LogP contribution in [0, 0.1) is 0 Å². The first kappa shape index (κ1) is 10.9. The van der Waals surface area contributed by atoms with Crippen molar-refractivity contribution < 1.29 is 4.79 Å². The first-order chi connectivity index (χ1) is 8.33. The van der Waals surface area contributed by atoms with E-state index in [4.69, 9.17) is 0 Å². The summed E-state index contributed by atoms with van der Waals surface area (Å²) in [6.07, 6.45) is 2.09. The summed E-state index contributed by atoms with van der Waals surface area (Å²) in [5, 5.41) is 3.18. The monoisotopic (exact) mass is 230 g/mol. The Morgan fingerprint density at radius 1 is 1.35 bits per heavy atom. The van der Waals surface area contributed by atoms with E-state index >= 15 is 0 Å². The minimum Gasteiger partial charge on any atom is -0.307 e. The minimum absolute atomic E-state index is 0.132. The maximum absolute atomic E-state index is 11.9. The second-order valence-electron chi connectivity index (χ2n) is 4.99. The molecular formula is C14H18N2O. The lowest BCUT2D eigenvalue weighted by molar-refractivity contribution is -0.124. The van der Waals surface area contributed by atoms with E-state index in [0.717, 1.165) is 32.5 Å². The van der Waals surface area contributed by atoms with Gasteiger partial charge >= 0.3 is 0 Å². The van der Waals surface area contributed by atoms with Crippen molar-refractivity contribution in [2.75, 3.05) is 19.6 Å². The Morgan fingerprint density at radius 3 is 2.82 bits per heavy atom. The Bertz CT molecular complexity index is 426. The molecule has 0 saturated carbocycles. The van der Waals surface area contributed by atoms with E-state index in [2.05, 4.69) is 34.5 Å². The molecule has 1 atom stereocenters. The van der Waals surface area contributed by atoms with Crippen LogP contribution >= 0.6 is 0 Å². The predicted octanol–water partition coefficient (Wildman–Crippen LogP) is 0.976. The van der Waals surface area contributed by atoms with E-state index in [1.807, 2.05) is 0 Å². The summed E-state index contributed by atoms with van der Waals surface area (Å²) in [6, 6.07) is 8.68. The molecule has 0 aromatic heterocycles. The molecular weight excluding hydrogens is 212 g/mol. The van der Waals surface area contributed by atoms with Gasteiger partial charge in [-0.3, -0.25) is 9.69 Å². The van der Waals surface area contributed by atoms with Crippen LogP contribution in [0.2, 0.25) is 0 Å². The zero-order valence-electron chi connectivity index (χ0n) is 9.98. The van der Waals surface area contributed by atoms with Crippen LogP contribution in [0.3, 0.4) is 0 Å². The molecule has 90 valence electrons. The van der Waals surface area contributed by atoms with E-state index in [9.17, 15) is 4.79 Å². The predicted molar refractivity (Wildman–Crippen MR) is 66.8 cm³/mol. The SMILES string of the molecule is O=C(CN1CCc2ccccc2C1)C1CCN1. The third kappa shape index (κ3) is 2.26. The molecule has 0 amide bonds. The molecule has 17 heavy (non-hydrogen) atoms. The Labute approximate surface area is 102 Å². The fraction of sp³-hybridized carbons (Fsp3) is 0.500. The van der Waals surface area contributed by atoms with Gasteiger partial charge in [-0.1, -0.05) is 24.3 Å². The number of hydrogen-bond donors (Lipinski definition) is 1. The smallest absolute Gasteiger partial charge is 0.163 e. The molecule has 1 aromatic rings. The molecule has 0 radical (unpaired) electrons. The highest BCUT2D eigenvalue weighted by molar-refractivity contribution is 5.86. The number of carbonyl (C=O) groups excluding carboxylic acids is 1. The van der Waals surface area contributed by atoms with Gasteiger partial charge in [0.05, 0.1) is 12.6 Å². The van der Waals surface area contributed by atoms with Crippen molar-refractivity contribution in [2.45, 2.75) is 25.4 Å². The Hall–Kier alpha value is -1.19. The fourth-order valence-corrected chi connectivity index (χ4v) is 2.58. The van der Waals surface area contributed by atoms with Crippen molar-refractivity contribution in [1.29, 1.82) is 0 Å². The maximum Gasteiger partial charge on any atom is 0.163 e. The Balaban J connectivity index is 1.62. The van der Waals surface area contributed by atoms with Crippen LogP contribution in [0.15, 0.2) is 24.3 Å². The van der Waals surface area contributed by atoms with Gasteiger partial charge in [-0.25, -0.2) is 0 Å². The van der Waals surface area contributed by atoms with Crippen molar-refractivity contribution in [3.05, 3.63) is 35.4 Å². The van der Waals surface area contributed by atoms with Gasteiger partial charge in [0.25, 0.3) is 0 Å². The highest BCUT2D eigenvalue weighted by Crippen LogP contribution is 2.18. The third-order valence-electron chi connectivity index (χ3n) is 3.80. The lowest BCUT2D eigenvalue weighted by Gasteiger charge is -2.32. The molecule has 2 heterocycles. The molecule has 0 spiro atoms. The van der Waals surface area contributed by atoms with Gasteiger partial charge in [0, 0.05) is 13.1 Å². The summed E-state index contributed by atoms with van der Waals surface area (Å²) in [5.41, 5.74) is 2.83. The molecule has 1 fully saturated rings. The van der Waals surface area contributed by atoms with Crippen LogP contribution in [0.5, 0.6) is 0 Å². The minimum atomic E-state index is 0.132. The number of rotatable bonds is 3. The maximum atomic E-state index is 11.9. The highest BCUT2D eigenvalue weighted by atomic mass is 16.1. The molecule has 0 aliphatic carbocycles. The topological polar surface area (TPSA) is 32.3 Å². The molecule has 3 nitrogen and oxygen atoms in total. The zero-order valence-corrected chi connectivity index (χ0v) is 9.98. The largest absolute Gasteiger partial charge is 0.307 e. The van der Waals surface area contributed by atoms with Crippen LogP contribution in [0.4, 0.5) is 0 Å². The number of fused-ring (bicyclic) bond motifs is 1. The van der Waals surface area contributed by atoms with Crippen molar-refractivity contribution in [3.8, 4) is 0 Å². The van der Waals surface area contributed by atoms with Gasteiger partial charge in [0.2, 0.25) is 0 Å². The summed E-state index contributed by atoms with van der Waals surface area (Å²) in [6.45, 7) is 3.54. The van der Waals surface area contributed by atoms with E-state index in [-0.39, 0.29) is 6.04 Å². The number of nitrogens with one attached hydrogen (secondary N) is 1. The van der Waals surface area contributed by atoms with E-state index in [1.54, 1.807) is 0 Å². The van der Waals surface area contributed by atoms with Crippen molar-refractivity contribution in [2.24, 2.45) is 0 Å². The molecule has 3 rings (SSSR count). The van der Waals surface area contributed by atoms with Crippen molar-refractivity contribution in [1.82, 2.24) is 10.2 Å². The first-order valence-corrected chi connectivity index (χ1v) is 6.38. The molecule has 3 heteroatoms. The first-order valence-electron chi connectivity index (χ1n) is 6.38. The molecule has 2 aliphatic heterocycles. The number of benzene rings is 1. The van der Waals surface area contributed by atoms with Gasteiger partial charge in [0.1, 0.15) is 0 Å². The van der Waals surface area contributed by atoms with Gasteiger partial charge in [-0.2, -0.15) is 0 Å². The number of carbonyl (C=O) groups is 1. The van der Waals surface area contributed by atoms with Gasteiger partial charge < -0.3 is 5.32 Å². The second kappa shape index (κ2) is 4.59. The van der Waals surface area contributed by atoms with Crippen LogP contribution in [0.25, 0.3) is 0 Å². The van der Waals surface area contributed by atoms with Gasteiger partial charge in [-0.15, -0.1) is 0 Å². The standard InChI is InChI=1S/C14H18N2O/c17-14(13-5-7-15-13)10-16-8-6-11-3-1-2-4-12(11)9-16/h1-4,13,15H,5-10H2. The Kier molecular flexibility index (Phi) is 2.95. The average Bonchev–Trinajstić information content (AvgIpc) is 2.26. The van der Waals surface area contributed by atoms with Crippen molar-refractivity contribution in [3.63, 3.8) is 0 Å². The van der Waals surface area contributed by atoms with E-state index in [0.29, 0.717) is 12.3 Å². The van der Waals surface area contributed by atoms with Crippen LogP contribution in [0.1, 0.15) is 17.5 Å². The lowest BCUT2D eigenvalue weighted by Crippen LogP contribution is -2.52. The van der Waals surface area contributed by atoms with Crippen LogP contribution < -0.4 is 5.32 Å². The summed E-state index contributed by atoms with van der Waals surface area (Å²) in [7, 11) is 0. The van der Waals surface area contributed by atoms with Crippen LogP contribution in [-0.4, -0.2) is 36.4 Å². The average molecular weight is 230 g/mol. The molecule has 1 unspecified atom stereocenters. The Morgan fingerprint density at radius 2 is 2.12 bits per heavy atom.